The molecule has 0 saturated carbocycles. The van der Waals surface area contributed by atoms with Gasteiger partial charge in [0.25, 0.3) is 0 Å². The van der Waals surface area contributed by atoms with Crippen LogP contribution in [-0.2, 0) is 6.42 Å². The van der Waals surface area contributed by atoms with Crippen LogP contribution in [0.4, 0.5) is 13.2 Å². The summed E-state index contributed by atoms with van der Waals surface area (Å²) in [5.74, 6) is 5.29. The zero-order valence-electron chi connectivity index (χ0n) is 8.77. The Balaban J connectivity index is 2.50. The fourth-order valence-electron chi connectivity index (χ4n) is 1.08. The zero-order chi connectivity index (χ0) is 12.0. The third-order valence-corrected chi connectivity index (χ3v) is 3.20. The van der Waals surface area contributed by atoms with Gasteiger partial charge in [0.15, 0.2) is 0 Å². The maximum absolute atomic E-state index is 11.8. The summed E-state index contributed by atoms with van der Waals surface area (Å²) in [6.07, 6.45) is 0.949. The standard InChI is InChI=1S/C12H11F3Se/c1-2-10-5-7-11(8-6-10)4-3-9-16-12(13,14)15/h5-8H,2,9H2,1H3. The number of halogens is 3. The first-order chi connectivity index (χ1) is 7.51. The molecule has 0 aliphatic rings. The van der Waals surface area contributed by atoms with Crippen molar-refractivity contribution in [3.05, 3.63) is 35.4 Å². The molecule has 1 aromatic rings. The predicted molar refractivity (Wildman–Crippen MR) is 59.3 cm³/mol. The van der Waals surface area contributed by atoms with Crippen molar-refractivity contribution < 1.29 is 13.2 Å². The quantitative estimate of drug-likeness (QED) is 0.579. The molecule has 0 atom stereocenters. The molecule has 0 aromatic heterocycles. The minimum atomic E-state index is -4.05. The molecule has 0 bridgehead atoms. The second-order valence-corrected chi connectivity index (χ2v) is 5.27. The van der Waals surface area contributed by atoms with E-state index in [1.165, 1.54) is 5.56 Å². The van der Waals surface area contributed by atoms with Crippen molar-refractivity contribution in [2.24, 2.45) is 0 Å². The van der Waals surface area contributed by atoms with Crippen LogP contribution in [0.2, 0.25) is 5.32 Å². The molecule has 0 fully saturated rings. The van der Waals surface area contributed by atoms with Gasteiger partial charge in [0.1, 0.15) is 0 Å². The van der Waals surface area contributed by atoms with E-state index in [1.54, 1.807) is 0 Å². The summed E-state index contributed by atoms with van der Waals surface area (Å²) in [5, 5.41) is -4.13. The van der Waals surface area contributed by atoms with Gasteiger partial charge < -0.3 is 0 Å². The fourth-order valence-corrected chi connectivity index (χ4v) is 1.73. The van der Waals surface area contributed by atoms with Crippen LogP contribution in [0.25, 0.3) is 0 Å². The Labute approximate surface area is 99.4 Å². The molecule has 0 nitrogen and oxygen atoms in total. The van der Waals surface area contributed by atoms with Crippen molar-refractivity contribution in [1.29, 1.82) is 0 Å². The second kappa shape index (κ2) is 5.98. The number of rotatable bonds is 2. The minimum absolute atomic E-state index is 0.0774. The van der Waals surface area contributed by atoms with Gasteiger partial charge in [-0.3, -0.25) is 0 Å². The molecule has 16 heavy (non-hydrogen) atoms. The van der Waals surface area contributed by atoms with E-state index in [1.807, 2.05) is 31.2 Å². The molecule has 0 spiro atoms. The summed E-state index contributed by atoms with van der Waals surface area (Å²) in [4.78, 5) is 0. The van der Waals surface area contributed by atoms with E-state index in [-0.39, 0.29) is 5.32 Å². The third kappa shape index (κ3) is 5.25. The van der Waals surface area contributed by atoms with E-state index in [2.05, 4.69) is 11.8 Å². The average Bonchev–Trinajstić information content (AvgIpc) is 2.24. The first kappa shape index (κ1) is 13.2. The Morgan fingerprint density at radius 2 is 1.81 bits per heavy atom. The number of alkyl halides is 3. The average molecular weight is 291 g/mol. The summed E-state index contributed by atoms with van der Waals surface area (Å²) in [6, 6.07) is 7.57. The Morgan fingerprint density at radius 1 is 1.19 bits per heavy atom. The van der Waals surface area contributed by atoms with Crippen LogP contribution < -0.4 is 0 Å². The van der Waals surface area contributed by atoms with E-state index >= 15 is 0 Å². The van der Waals surface area contributed by atoms with E-state index in [4.69, 9.17) is 0 Å². The third-order valence-electron chi connectivity index (χ3n) is 1.90. The number of hydrogen-bond donors (Lipinski definition) is 0. The molecule has 0 radical (unpaired) electrons. The molecule has 86 valence electrons. The van der Waals surface area contributed by atoms with Crippen molar-refractivity contribution >= 4 is 15.0 Å². The Bertz CT molecular complexity index is 381. The van der Waals surface area contributed by atoms with Gasteiger partial charge >= 0.3 is 99.1 Å². The molecule has 1 rings (SSSR count). The number of hydrogen-bond acceptors (Lipinski definition) is 0. The monoisotopic (exact) mass is 292 g/mol. The molecular formula is C12H11F3Se. The van der Waals surface area contributed by atoms with Crippen LogP contribution in [0.5, 0.6) is 0 Å². The molecular weight excluding hydrogens is 280 g/mol. The molecule has 0 N–H and O–H groups in total. The van der Waals surface area contributed by atoms with E-state index in [0.717, 1.165) is 12.0 Å². The van der Waals surface area contributed by atoms with Gasteiger partial charge in [0, 0.05) is 0 Å². The summed E-state index contributed by atoms with van der Waals surface area (Å²) < 4.78 is 35.5. The molecule has 0 aliphatic carbocycles. The fraction of sp³-hybridized carbons (Fsp3) is 0.333. The van der Waals surface area contributed by atoms with Gasteiger partial charge in [0.2, 0.25) is 0 Å². The predicted octanol–water partition coefficient (Wildman–Crippen LogP) is 3.24. The first-order valence-electron chi connectivity index (χ1n) is 4.80. The van der Waals surface area contributed by atoms with Gasteiger partial charge in [-0.05, 0) is 0 Å². The van der Waals surface area contributed by atoms with Crippen LogP contribution in [0.3, 0.4) is 0 Å². The van der Waals surface area contributed by atoms with Crippen molar-refractivity contribution in [3.63, 3.8) is 0 Å². The molecule has 0 amide bonds. The van der Waals surface area contributed by atoms with Crippen molar-refractivity contribution in [2.75, 3.05) is 0 Å². The molecule has 0 unspecified atom stereocenters. The normalized spacial score (nSPS) is 10.8. The van der Waals surface area contributed by atoms with Crippen molar-refractivity contribution in [1.82, 2.24) is 0 Å². The van der Waals surface area contributed by atoms with Gasteiger partial charge in [-0.15, -0.1) is 0 Å². The summed E-state index contributed by atoms with van der Waals surface area (Å²) in [6.45, 7) is 2.05. The van der Waals surface area contributed by atoms with Gasteiger partial charge in [-0.2, -0.15) is 0 Å². The van der Waals surface area contributed by atoms with Crippen LogP contribution in [0.15, 0.2) is 24.3 Å². The van der Waals surface area contributed by atoms with Gasteiger partial charge in [-0.25, -0.2) is 0 Å². The number of aryl methyl sites for hydroxylation is 1. The summed E-state index contributed by atoms with van der Waals surface area (Å²) in [5.41, 5.74) is 1.97. The van der Waals surface area contributed by atoms with Crippen LogP contribution in [0.1, 0.15) is 18.1 Å². The SMILES string of the molecule is CCc1ccc(C#CC[Se]C(F)(F)F)cc1. The molecule has 0 saturated heterocycles. The maximum atomic E-state index is 11.8. The molecule has 1 aromatic carbocycles. The van der Waals surface area contributed by atoms with E-state index in [9.17, 15) is 13.2 Å². The summed E-state index contributed by atoms with van der Waals surface area (Å²) >= 11 is -1.39. The zero-order valence-corrected chi connectivity index (χ0v) is 10.5. The van der Waals surface area contributed by atoms with Gasteiger partial charge in [-0.1, -0.05) is 0 Å². The molecule has 0 heterocycles. The Hall–Kier alpha value is -0.911. The van der Waals surface area contributed by atoms with E-state index in [0.29, 0.717) is 0 Å². The Morgan fingerprint density at radius 3 is 2.31 bits per heavy atom. The second-order valence-electron chi connectivity index (χ2n) is 3.09. The topological polar surface area (TPSA) is 0 Å². The van der Waals surface area contributed by atoms with Crippen LogP contribution >= 0.6 is 0 Å². The van der Waals surface area contributed by atoms with Gasteiger partial charge in [0.05, 0.1) is 0 Å². The first-order valence-corrected chi connectivity index (χ1v) is 6.86. The number of benzene rings is 1. The summed E-state index contributed by atoms with van der Waals surface area (Å²) in [7, 11) is 0. The van der Waals surface area contributed by atoms with Crippen molar-refractivity contribution in [2.45, 2.75) is 23.7 Å². The van der Waals surface area contributed by atoms with E-state index < -0.39 is 20.0 Å². The van der Waals surface area contributed by atoms with Crippen LogP contribution in [0, 0.1) is 11.8 Å². The van der Waals surface area contributed by atoms with Crippen molar-refractivity contribution in [3.8, 4) is 11.8 Å². The molecule has 4 heteroatoms. The Kier molecular flexibility index (Phi) is 4.92. The molecule has 0 aliphatic heterocycles. The van der Waals surface area contributed by atoms with Crippen LogP contribution in [-0.4, -0.2) is 20.0 Å².